The fourth-order valence-electron chi connectivity index (χ4n) is 3.92. The van der Waals surface area contributed by atoms with Crippen molar-refractivity contribution >= 4 is 17.5 Å². The van der Waals surface area contributed by atoms with E-state index in [1.807, 2.05) is 47.4 Å². The Bertz CT molecular complexity index is 848. The van der Waals surface area contributed by atoms with Crippen LogP contribution in [0.15, 0.2) is 48.7 Å². The monoisotopic (exact) mass is 395 g/mol. The molecule has 152 valence electrons. The highest BCUT2D eigenvalue weighted by molar-refractivity contribution is 6.00. The van der Waals surface area contributed by atoms with Crippen molar-refractivity contribution in [3.05, 3.63) is 48.7 Å². The van der Waals surface area contributed by atoms with Gasteiger partial charge < -0.3 is 19.3 Å². The number of methoxy groups -OCH3 is 1. The normalized spacial score (nSPS) is 20.0. The molecule has 0 radical (unpaired) electrons. The number of hydrogen-bond acceptors (Lipinski definition) is 5. The fraction of sp³-hybridized carbons (Fsp3) is 0.409. The Labute approximate surface area is 170 Å². The molecule has 4 rings (SSSR count). The molecule has 2 aliphatic rings. The van der Waals surface area contributed by atoms with Crippen LogP contribution in [0.2, 0.25) is 0 Å². The first-order valence-corrected chi connectivity index (χ1v) is 9.95. The third-order valence-electron chi connectivity index (χ3n) is 5.54. The Morgan fingerprint density at radius 1 is 1.10 bits per heavy atom. The number of anilines is 1. The maximum Gasteiger partial charge on any atom is 0.228 e. The lowest BCUT2D eigenvalue weighted by atomic mass is 10.0. The summed E-state index contributed by atoms with van der Waals surface area (Å²) in [6, 6.07) is 12.9. The summed E-state index contributed by atoms with van der Waals surface area (Å²) in [6.45, 7) is 1.71. The Morgan fingerprint density at radius 3 is 2.52 bits per heavy atom. The quantitative estimate of drug-likeness (QED) is 0.778. The molecule has 0 spiro atoms. The topological polar surface area (TPSA) is 72.0 Å². The maximum absolute atomic E-state index is 13.0. The summed E-state index contributed by atoms with van der Waals surface area (Å²) in [5.41, 5.74) is 0.800. The van der Waals surface area contributed by atoms with Crippen molar-refractivity contribution in [2.24, 2.45) is 5.92 Å². The number of nitrogens with zero attached hydrogens (tertiary/aromatic N) is 3. The predicted molar refractivity (Wildman–Crippen MR) is 108 cm³/mol. The van der Waals surface area contributed by atoms with Crippen molar-refractivity contribution in [1.82, 2.24) is 9.88 Å². The van der Waals surface area contributed by atoms with Crippen LogP contribution in [0.25, 0.3) is 0 Å². The number of carbonyl (C=O) groups is 2. The van der Waals surface area contributed by atoms with Gasteiger partial charge in [0.05, 0.1) is 13.0 Å². The number of piperidine rings is 1. The lowest BCUT2D eigenvalue weighted by molar-refractivity contribution is -0.137. The number of ether oxygens (including phenoxy) is 2. The van der Waals surface area contributed by atoms with E-state index >= 15 is 0 Å². The van der Waals surface area contributed by atoms with E-state index in [-0.39, 0.29) is 30.3 Å². The zero-order valence-corrected chi connectivity index (χ0v) is 16.5. The minimum Gasteiger partial charge on any atom is -0.497 e. The van der Waals surface area contributed by atoms with Gasteiger partial charge in [-0.05, 0) is 30.3 Å². The number of aromatic nitrogens is 1. The van der Waals surface area contributed by atoms with Gasteiger partial charge in [0.25, 0.3) is 0 Å². The summed E-state index contributed by atoms with van der Waals surface area (Å²) in [5.74, 6) is 1.11. The number of pyridine rings is 1. The van der Waals surface area contributed by atoms with Crippen molar-refractivity contribution in [3.63, 3.8) is 0 Å². The standard InChI is InChI=1S/C22H25N3O4/c1-28-18-7-5-17(6-8-18)25-15-16(14-21(25)26)22(27)24-12-9-19(10-13-24)29-20-4-2-3-11-23-20/h2-8,11,16,19H,9-10,12-15H2,1H3/t16-/m1/s1. The molecule has 1 aromatic heterocycles. The first kappa shape index (κ1) is 19.2. The van der Waals surface area contributed by atoms with Crippen molar-refractivity contribution in [2.75, 3.05) is 31.6 Å². The number of amides is 2. The molecule has 2 amide bonds. The summed E-state index contributed by atoms with van der Waals surface area (Å²) in [5, 5.41) is 0. The lowest BCUT2D eigenvalue weighted by Crippen LogP contribution is -2.45. The van der Waals surface area contributed by atoms with E-state index < -0.39 is 0 Å². The van der Waals surface area contributed by atoms with Crippen LogP contribution in [0, 0.1) is 5.92 Å². The van der Waals surface area contributed by atoms with Gasteiger partial charge >= 0.3 is 0 Å². The van der Waals surface area contributed by atoms with Crippen LogP contribution < -0.4 is 14.4 Å². The molecule has 0 unspecified atom stereocenters. The molecule has 0 saturated carbocycles. The minimum atomic E-state index is -0.294. The number of benzene rings is 1. The van der Waals surface area contributed by atoms with Crippen LogP contribution in [0.3, 0.4) is 0 Å². The molecule has 7 heteroatoms. The first-order chi connectivity index (χ1) is 14.1. The van der Waals surface area contributed by atoms with E-state index in [4.69, 9.17) is 9.47 Å². The molecular formula is C22H25N3O4. The van der Waals surface area contributed by atoms with Gasteiger partial charge in [0, 0.05) is 56.8 Å². The molecular weight excluding hydrogens is 370 g/mol. The largest absolute Gasteiger partial charge is 0.497 e. The molecule has 1 atom stereocenters. The third-order valence-corrected chi connectivity index (χ3v) is 5.54. The van der Waals surface area contributed by atoms with Crippen LogP contribution >= 0.6 is 0 Å². The number of carbonyl (C=O) groups excluding carboxylic acids is 2. The predicted octanol–water partition coefficient (Wildman–Crippen LogP) is 2.51. The van der Waals surface area contributed by atoms with E-state index in [1.165, 1.54) is 0 Å². The van der Waals surface area contributed by atoms with E-state index in [0.29, 0.717) is 25.5 Å². The van der Waals surface area contributed by atoms with Crippen LogP contribution in [0.1, 0.15) is 19.3 Å². The van der Waals surface area contributed by atoms with E-state index in [9.17, 15) is 9.59 Å². The molecule has 0 bridgehead atoms. The van der Waals surface area contributed by atoms with Crippen LogP contribution in [-0.4, -0.2) is 54.5 Å². The van der Waals surface area contributed by atoms with Gasteiger partial charge in [-0.15, -0.1) is 0 Å². The van der Waals surface area contributed by atoms with Gasteiger partial charge in [-0.3, -0.25) is 9.59 Å². The molecule has 2 aliphatic heterocycles. The highest BCUT2D eigenvalue weighted by Gasteiger charge is 2.38. The summed E-state index contributed by atoms with van der Waals surface area (Å²) in [4.78, 5) is 33.2. The van der Waals surface area contributed by atoms with E-state index in [0.717, 1.165) is 24.3 Å². The molecule has 0 N–H and O–H groups in total. The van der Waals surface area contributed by atoms with Gasteiger partial charge in [-0.25, -0.2) is 4.98 Å². The summed E-state index contributed by atoms with van der Waals surface area (Å²) < 4.78 is 11.1. The summed E-state index contributed by atoms with van der Waals surface area (Å²) in [6.07, 6.45) is 3.57. The second kappa shape index (κ2) is 8.51. The number of likely N-dealkylation sites (tertiary alicyclic amines) is 1. The smallest absolute Gasteiger partial charge is 0.228 e. The summed E-state index contributed by atoms with van der Waals surface area (Å²) >= 11 is 0. The zero-order valence-electron chi connectivity index (χ0n) is 16.5. The Kier molecular flexibility index (Phi) is 5.64. The highest BCUT2D eigenvalue weighted by Crippen LogP contribution is 2.29. The van der Waals surface area contributed by atoms with E-state index in [2.05, 4.69) is 4.98 Å². The molecule has 2 aromatic rings. The first-order valence-electron chi connectivity index (χ1n) is 9.95. The van der Waals surface area contributed by atoms with Crippen molar-refractivity contribution in [3.8, 4) is 11.6 Å². The van der Waals surface area contributed by atoms with Gasteiger partial charge in [0.1, 0.15) is 11.9 Å². The molecule has 0 aliphatic carbocycles. The Hall–Kier alpha value is -3.09. The Morgan fingerprint density at radius 2 is 1.86 bits per heavy atom. The average molecular weight is 395 g/mol. The molecule has 29 heavy (non-hydrogen) atoms. The van der Waals surface area contributed by atoms with Gasteiger partial charge in [-0.2, -0.15) is 0 Å². The fourth-order valence-corrected chi connectivity index (χ4v) is 3.92. The maximum atomic E-state index is 13.0. The minimum absolute atomic E-state index is 0.0121. The Balaban J connectivity index is 1.31. The highest BCUT2D eigenvalue weighted by atomic mass is 16.5. The summed E-state index contributed by atoms with van der Waals surface area (Å²) in [7, 11) is 1.61. The average Bonchev–Trinajstić information content (AvgIpc) is 3.16. The van der Waals surface area contributed by atoms with Crippen LogP contribution in [-0.2, 0) is 9.59 Å². The van der Waals surface area contributed by atoms with Crippen molar-refractivity contribution < 1.29 is 19.1 Å². The van der Waals surface area contributed by atoms with Gasteiger partial charge in [0.15, 0.2) is 0 Å². The number of hydrogen-bond donors (Lipinski definition) is 0. The van der Waals surface area contributed by atoms with Crippen molar-refractivity contribution in [1.29, 1.82) is 0 Å². The van der Waals surface area contributed by atoms with Crippen LogP contribution in [0.5, 0.6) is 11.6 Å². The SMILES string of the molecule is COc1ccc(N2C[C@H](C(=O)N3CCC(Oc4ccccn4)CC3)CC2=O)cc1. The lowest BCUT2D eigenvalue weighted by Gasteiger charge is -2.33. The second-order valence-corrected chi connectivity index (χ2v) is 7.41. The van der Waals surface area contributed by atoms with E-state index in [1.54, 1.807) is 18.2 Å². The third kappa shape index (κ3) is 4.34. The van der Waals surface area contributed by atoms with Gasteiger partial charge in [-0.1, -0.05) is 6.07 Å². The molecule has 7 nitrogen and oxygen atoms in total. The molecule has 2 fully saturated rings. The molecule has 1 aromatic carbocycles. The van der Waals surface area contributed by atoms with Gasteiger partial charge in [0.2, 0.25) is 17.7 Å². The van der Waals surface area contributed by atoms with Crippen LogP contribution in [0.4, 0.5) is 5.69 Å². The number of rotatable bonds is 5. The second-order valence-electron chi connectivity index (χ2n) is 7.41. The molecule has 2 saturated heterocycles. The zero-order chi connectivity index (χ0) is 20.2. The molecule has 3 heterocycles. The van der Waals surface area contributed by atoms with Crippen molar-refractivity contribution in [2.45, 2.75) is 25.4 Å².